The lowest BCUT2D eigenvalue weighted by Gasteiger charge is -2.31. The van der Waals surface area contributed by atoms with E-state index in [0.717, 1.165) is 50.6 Å². The van der Waals surface area contributed by atoms with Crippen molar-refractivity contribution in [3.63, 3.8) is 0 Å². The zero-order chi connectivity index (χ0) is 41.0. The van der Waals surface area contributed by atoms with E-state index in [1.807, 2.05) is 0 Å². The molecule has 0 saturated carbocycles. The van der Waals surface area contributed by atoms with Gasteiger partial charge >= 0.3 is 0 Å². The number of furan rings is 1. The molecule has 7 aromatic carbocycles. The minimum atomic E-state index is -0.614. The molecule has 2 N–H and O–H groups in total. The molecule has 1 aromatic heterocycles. The summed E-state index contributed by atoms with van der Waals surface area (Å²) in [5.74, 6) is 0.894. The monoisotopic (exact) mass is 766 g/mol. The first-order chi connectivity index (χ1) is 28.4. The Labute approximate surface area is 348 Å². The van der Waals surface area contributed by atoms with Crippen LogP contribution in [0.25, 0.3) is 55.6 Å². The Hall–Kier alpha value is -6.58. The quantitative estimate of drug-likeness (QED) is 0.177. The van der Waals surface area contributed by atoms with Crippen molar-refractivity contribution in [3.8, 4) is 22.3 Å². The maximum Gasteiger partial charge on any atom is 0.137 e. The summed E-state index contributed by atoms with van der Waals surface area (Å²) in [5.41, 5.74) is 27.7. The average Bonchev–Trinajstić information content (AvgIpc) is 3.82. The predicted octanol–water partition coefficient (Wildman–Crippen LogP) is 15.4. The van der Waals surface area contributed by atoms with Gasteiger partial charge in [-0.05, 0) is 155 Å². The summed E-state index contributed by atoms with van der Waals surface area (Å²) in [7, 11) is 0. The van der Waals surface area contributed by atoms with Gasteiger partial charge < -0.3 is 15.1 Å². The summed E-state index contributed by atoms with van der Waals surface area (Å²) in [6, 6.07) is 47.7. The highest BCUT2D eigenvalue weighted by Crippen LogP contribution is 2.66. The van der Waals surface area contributed by atoms with E-state index in [1.54, 1.807) is 0 Å². The van der Waals surface area contributed by atoms with Gasteiger partial charge in [0.25, 0.3) is 0 Å². The van der Waals surface area contributed by atoms with E-state index in [9.17, 15) is 0 Å². The smallest absolute Gasteiger partial charge is 0.137 e. The number of hydrogen-bond donors (Lipinski definition) is 1. The molecule has 0 saturated heterocycles. The molecule has 0 fully saturated rings. The summed E-state index contributed by atoms with van der Waals surface area (Å²) < 4.78 is 6.50. The maximum atomic E-state index is 7.34. The van der Waals surface area contributed by atoms with Crippen LogP contribution < -0.4 is 10.6 Å². The van der Waals surface area contributed by atoms with Gasteiger partial charge in [-0.1, -0.05) is 112 Å². The first-order valence-electron chi connectivity index (χ1n) is 20.9. The SMILES string of the molecule is C/C=C\c1c(C)oc2cc(N)c3c(c12)-c1cc2ccc(N(c4ccc(C(C)(C)C)cc4)c4ccc(C)c(/C(C)=C/C)c4)cc2cc1C31c2ccccc2-c2ccccc21. The van der Waals surface area contributed by atoms with Crippen molar-refractivity contribution < 1.29 is 4.42 Å². The highest BCUT2D eigenvalue weighted by molar-refractivity contribution is 6.12. The fraction of sp³-hybridized carbons (Fsp3) is 0.179. The van der Waals surface area contributed by atoms with E-state index < -0.39 is 5.41 Å². The van der Waals surface area contributed by atoms with Crippen LogP contribution in [-0.4, -0.2) is 0 Å². The Kier molecular flexibility index (Phi) is 8.24. The number of nitrogen functional groups attached to an aromatic ring is 1. The Balaban J connectivity index is 1.28. The lowest BCUT2D eigenvalue weighted by Crippen LogP contribution is -2.27. The zero-order valence-electron chi connectivity index (χ0n) is 35.3. The molecule has 0 aliphatic heterocycles. The summed E-state index contributed by atoms with van der Waals surface area (Å²) in [5, 5.41) is 3.48. The number of aryl methyl sites for hydroxylation is 2. The Morgan fingerprint density at radius 2 is 1.32 bits per heavy atom. The van der Waals surface area contributed by atoms with Crippen molar-refractivity contribution >= 4 is 56.1 Å². The third-order valence-electron chi connectivity index (χ3n) is 13.1. The van der Waals surface area contributed by atoms with Crippen LogP contribution in [0.4, 0.5) is 22.7 Å². The third-order valence-corrected chi connectivity index (χ3v) is 13.1. The molecule has 59 heavy (non-hydrogen) atoms. The van der Waals surface area contributed by atoms with E-state index in [-0.39, 0.29) is 5.41 Å². The summed E-state index contributed by atoms with van der Waals surface area (Å²) in [6.07, 6.45) is 6.49. The molecule has 2 aliphatic carbocycles. The van der Waals surface area contributed by atoms with Crippen LogP contribution in [0.2, 0.25) is 0 Å². The number of nitrogens with two attached hydrogens (primary N) is 1. The van der Waals surface area contributed by atoms with E-state index in [1.165, 1.54) is 72.0 Å². The molecule has 1 heterocycles. The van der Waals surface area contributed by atoms with Crippen molar-refractivity contribution in [2.24, 2.45) is 0 Å². The van der Waals surface area contributed by atoms with Gasteiger partial charge in [0.1, 0.15) is 11.3 Å². The van der Waals surface area contributed by atoms with Crippen molar-refractivity contribution in [1.82, 2.24) is 0 Å². The van der Waals surface area contributed by atoms with E-state index >= 15 is 0 Å². The first kappa shape index (κ1) is 36.7. The number of anilines is 4. The lowest BCUT2D eigenvalue weighted by atomic mass is 9.69. The van der Waals surface area contributed by atoms with Crippen LogP contribution in [0.1, 0.15) is 91.8 Å². The number of benzene rings is 7. The van der Waals surface area contributed by atoms with Crippen LogP contribution in [0.3, 0.4) is 0 Å². The van der Waals surface area contributed by atoms with Crippen molar-refractivity contribution in [2.45, 2.75) is 66.2 Å². The van der Waals surface area contributed by atoms with E-state index in [0.29, 0.717) is 0 Å². The molecule has 2 aliphatic rings. The van der Waals surface area contributed by atoms with Gasteiger partial charge in [-0.3, -0.25) is 0 Å². The number of nitrogens with zero attached hydrogens (tertiary/aromatic N) is 1. The molecule has 0 bridgehead atoms. The fourth-order valence-electron chi connectivity index (χ4n) is 10.2. The molecule has 3 nitrogen and oxygen atoms in total. The van der Waals surface area contributed by atoms with Gasteiger partial charge in [-0.15, -0.1) is 0 Å². The van der Waals surface area contributed by atoms with Crippen LogP contribution in [-0.2, 0) is 10.8 Å². The molecule has 290 valence electrons. The van der Waals surface area contributed by atoms with Crippen molar-refractivity contribution in [2.75, 3.05) is 10.6 Å². The second kappa shape index (κ2) is 13.2. The van der Waals surface area contributed by atoms with E-state index in [4.69, 9.17) is 10.2 Å². The van der Waals surface area contributed by atoms with Crippen LogP contribution in [0, 0.1) is 13.8 Å². The Bertz CT molecular complexity index is 3050. The normalized spacial score (nSPS) is 14.0. The maximum absolute atomic E-state index is 7.34. The fourth-order valence-corrected chi connectivity index (χ4v) is 10.2. The molecule has 1 spiro atoms. The van der Waals surface area contributed by atoms with Gasteiger partial charge in [-0.25, -0.2) is 0 Å². The second-order valence-corrected chi connectivity index (χ2v) is 17.5. The van der Waals surface area contributed by atoms with Crippen molar-refractivity contribution in [1.29, 1.82) is 0 Å². The van der Waals surface area contributed by atoms with Gasteiger partial charge in [0, 0.05) is 50.9 Å². The molecule has 0 radical (unpaired) electrons. The van der Waals surface area contributed by atoms with Gasteiger partial charge in [-0.2, -0.15) is 0 Å². The number of allylic oxidation sites excluding steroid dienone is 3. The molecule has 0 unspecified atom stereocenters. The minimum Gasteiger partial charge on any atom is -0.461 e. The summed E-state index contributed by atoms with van der Waals surface area (Å²) in [6.45, 7) is 17.5. The molecule has 8 aromatic rings. The lowest BCUT2D eigenvalue weighted by molar-refractivity contribution is 0.577. The van der Waals surface area contributed by atoms with E-state index in [2.05, 4.69) is 206 Å². The van der Waals surface area contributed by atoms with Crippen LogP contribution >= 0.6 is 0 Å². The molecular formula is C56H50N2O. The second-order valence-electron chi connectivity index (χ2n) is 17.5. The first-order valence-corrected chi connectivity index (χ1v) is 20.9. The van der Waals surface area contributed by atoms with Gasteiger partial charge in [0.2, 0.25) is 0 Å². The molecule has 10 rings (SSSR count). The van der Waals surface area contributed by atoms with Gasteiger partial charge in [0.15, 0.2) is 0 Å². The van der Waals surface area contributed by atoms with Crippen LogP contribution in [0.15, 0.2) is 144 Å². The molecule has 0 amide bonds. The third kappa shape index (κ3) is 5.27. The average molecular weight is 767 g/mol. The largest absolute Gasteiger partial charge is 0.461 e. The molecule has 0 atom stereocenters. The standard InChI is InChI=1S/C56H50N2O/c1-9-15-42-35(5)59-51-32-50(57)54-53(52(42)51)46-29-36-21-25-40(28-37(36)30-49(46)56(54)47-18-13-11-16-43(47)44-17-12-14-19-48(44)56)58(39-26-22-38(23-27-39)55(6,7)8)41-24-20-34(4)45(31-41)33(3)10-2/h9-32H,57H2,1-8H3/b15-9-,33-10+. The summed E-state index contributed by atoms with van der Waals surface area (Å²) in [4.78, 5) is 2.41. The molecular weight excluding hydrogens is 717 g/mol. The number of rotatable bonds is 5. The molecule has 3 heteroatoms. The van der Waals surface area contributed by atoms with Crippen LogP contribution in [0.5, 0.6) is 0 Å². The predicted molar refractivity (Wildman–Crippen MR) is 251 cm³/mol. The minimum absolute atomic E-state index is 0.0511. The highest BCUT2D eigenvalue weighted by atomic mass is 16.3. The highest BCUT2D eigenvalue weighted by Gasteiger charge is 2.53. The summed E-state index contributed by atoms with van der Waals surface area (Å²) >= 11 is 0. The number of hydrogen-bond acceptors (Lipinski definition) is 3. The topological polar surface area (TPSA) is 42.4 Å². The van der Waals surface area contributed by atoms with Crippen molar-refractivity contribution in [3.05, 3.63) is 190 Å². The number of fused-ring (bicyclic) bond motifs is 13. The Morgan fingerprint density at radius 3 is 1.98 bits per heavy atom. The van der Waals surface area contributed by atoms with Gasteiger partial charge in [0.05, 0.1) is 5.41 Å². The Morgan fingerprint density at radius 1 is 0.678 bits per heavy atom. The zero-order valence-corrected chi connectivity index (χ0v) is 35.3.